The van der Waals surface area contributed by atoms with Gasteiger partial charge in [0.1, 0.15) is 29.1 Å². The fraction of sp³-hybridized carbons (Fsp3) is 0.0714. The molecule has 0 aliphatic carbocycles. The second kappa shape index (κ2) is 5.72. The Morgan fingerprint density at radius 3 is 2.58 bits per heavy atom. The van der Waals surface area contributed by atoms with E-state index in [2.05, 4.69) is 15.9 Å². The van der Waals surface area contributed by atoms with Gasteiger partial charge in [0.2, 0.25) is 0 Å². The van der Waals surface area contributed by atoms with Crippen LogP contribution in [0.15, 0.2) is 40.9 Å². The molecule has 2 aromatic carbocycles. The summed E-state index contributed by atoms with van der Waals surface area (Å²) in [6, 6.07) is 11.0. The standard InChI is InChI=1S/C14H9BrFNO2/c1-18-11-4-2-9(8-17)14(7-11)19-13-5-3-10(16)6-12(13)15/h2-7H,1H3. The van der Waals surface area contributed by atoms with Crippen LogP contribution in [-0.4, -0.2) is 7.11 Å². The second-order valence-corrected chi connectivity index (χ2v) is 4.51. The van der Waals surface area contributed by atoms with Crippen molar-refractivity contribution in [3.8, 4) is 23.3 Å². The van der Waals surface area contributed by atoms with Crippen molar-refractivity contribution in [1.82, 2.24) is 0 Å². The predicted molar refractivity (Wildman–Crippen MR) is 71.9 cm³/mol. The van der Waals surface area contributed by atoms with Gasteiger partial charge in [-0.25, -0.2) is 4.39 Å². The average molecular weight is 322 g/mol. The highest BCUT2D eigenvalue weighted by Gasteiger charge is 2.09. The van der Waals surface area contributed by atoms with Crippen LogP contribution in [0.2, 0.25) is 0 Å². The van der Waals surface area contributed by atoms with Crippen LogP contribution in [0.5, 0.6) is 17.2 Å². The van der Waals surface area contributed by atoms with Crippen LogP contribution >= 0.6 is 15.9 Å². The number of benzene rings is 2. The van der Waals surface area contributed by atoms with Crippen molar-refractivity contribution in [2.75, 3.05) is 7.11 Å². The average Bonchev–Trinajstić information content (AvgIpc) is 2.41. The number of nitriles is 1. The van der Waals surface area contributed by atoms with Crippen molar-refractivity contribution >= 4 is 15.9 Å². The maximum absolute atomic E-state index is 13.0. The molecule has 2 rings (SSSR count). The van der Waals surface area contributed by atoms with E-state index in [9.17, 15) is 4.39 Å². The molecule has 5 heteroatoms. The van der Waals surface area contributed by atoms with Crippen molar-refractivity contribution < 1.29 is 13.9 Å². The summed E-state index contributed by atoms with van der Waals surface area (Å²) in [7, 11) is 1.53. The number of nitrogens with zero attached hydrogens (tertiary/aromatic N) is 1. The van der Waals surface area contributed by atoms with Gasteiger partial charge in [0.25, 0.3) is 0 Å². The molecule has 0 spiro atoms. The van der Waals surface area contributed by atoms with Crippen molar-refractivity contribution in [3.63, 3.8) is 0 Å². The maximum atomic E-state index is 13.0. The Hall–Kier alpha value is -2.06. The summed E-state index contributed by atoms with van der Waals surface area (Å²) in [5.74, 6) is 0.984. The third-order valence-electron chi connectivity index (χ3n) is 2.42. The van der Waals surface area contributed by atoms with E-state index in [1.165, 1.54) is 25.3 Å². The van der Waals surface area contributed by atoms with Gasteiger partial charge < -0.3 is 9.47 Å². The van der Waals surface area contributed by atoms with E-state index >= 15 is 0 Å². The van der Waals surface area contributed by atoms with Crippen molar-refractivity contribution in [2.45, 2.75) is 0 Å². The first-order chi connectivity index (χ1) is 9.13. The SMILES string of the molecule is COc1ccc(C#N)c(Oc2ccc(F)cc2Br)c1. The molecular formula is C14H9BrFNO2. The lowest BCUT2D eigenvalue weighted by Crippen LogP contribution is -1.91. The van der Waals surface area contributed by atoms with E-state index in [1.807, 2.05) is 6.07 Å². The lowest BCUT2D eigenvalue weighted by atomic mass is 10.2. The highest BCUT2D eigenvalue weighted by atomic mass is 79.9. The van der Waals surface area contributed by atoms with E-state index in [4.69, 9.17) is 14.7 Å². The number of hydrogen-bond acceptors (Lipinski definition) is 3. The van der Waals surface area contributed by atoms with Crippen molar-refractivity contribution in [3.05, 3.63) is 52.3 Å². The number of methoxy groups -OCH3 is 1. The molecule has 0 saturated heterocycles. The summed E-state index contributed by atoms with van der Waals surface area (Å²) in [6.45, 7) is 0. The third-order valence-corrected chi connectivity index (χ3v) is 3.04. The minimum atomic E-state index is -0.370. The molecule has 19 heavy (non-hydrogen) atoms. The van der Waals surface area contributed by atoms with Crippen LogP contribution in [0.1, 0.15) is 5.56 Å². The molecule has 0 aliphatic rings. The fourth-order valence-corrected chi connectivity index (χ4v) is 1.91. The lowest BCUT2D eigenvalue weighted by molar-refractivity contribution is 0.408. The van der Waals surface area contributed by atoms with Gasteiger partial charge in [0.05, 0.1) is 17.1 Å². The van der Waals surface area contributed by atoms with E-state index < -0.39 is 0 Å². The second-order valence-electron chi connectivity index (χ2n) is 3.65. The Morgan fingerprint density at radius 1 is 1.16 bits per heavy atom. The molecule has 0 N–H and O–H groups in total. The first-order valence-electron chi connectivity index (χ1n) is 5.35. The van der Waals surface area contributed by atoms with Gasteiger partial charge in [0.15, 0.2) is 0 Å². The summed E-state index contributed by atoms with van der Waals surface area (Å²) < 4.78 is 24.2. The van der Waals surface area contributed by atoms with Gasteiger partial charge in [-0.2, -0.15) is 5.26 Å². The number of hydrogen-bond donors (Lipinski definition) is 0. The molecule has 0 bridgehead atoms. The molecule has 0 unspecified atom stereocenters. The zero-order valence-corrected chi connectivity index (χ0v) is 11.6. The topological polar surface area (TPSA) is 42.2 Å². The predicted octanol–water partition coefficient (Wildman–Crippen LogP) is 4.26. The van der Waals surface area contributed by atoms with Gasteiger partial charge in [-0.05, 0) is 46.3 Å². The smallest absolute Gasteiger partial charge is 0.148 e. The quantitative estimate of drug-likeness (QED) is 0.848. The highest BCUT2D eigenvalue weighted by molar-refractivity contribution is 9.10. The van der Waals surface area contributed by atoms with Gasteiger partial charge in [0, 0.05) is 6.07 Å². The minimum Gasteiger partial charge on any atom is -0.497 e. The van der Waals surface area contributed by atoms with Crippen LogP contribution in [-0.2, 0) is 0 Å². The number of halogens is 2. The van der Waals surface area contributed by atoms with Crippen molar-refractivity contribution in [1.29, 1.82) is 5.26 Å². The normalized spacial score (nSPS) is 9.79. The lowest BCUT2D eigenvalue weighted by Gasteiger charge is -2.10. The minimum absolute atomic E-state index is 0.356. The first kappa shape index (κ1) is 13.4. The summed E-state index contributed by atoms with van der Waals surface area (Å²) in [5.41, 5.74) is 0.372. The molecule has 0 heterocycles. The van der Waals surface area contributed by atoms with Gasteiger partial charge >= 0.3 is 0 Å². The van der Waals surface area contributed by atoms with Crippen LogP contribution in [0, 0.1) is 17.1 Å². The monoisotopic (exact) mass is 321 g/mol. The Bertz CT molecular complexity index is 652. The highest BCUT2D eigenvalue weighted by Crippen LogP contribution is 2.33. The van der Waals surface area contributed by atoms with E-state index in [1.54, 1.807) is 18.2 Å². The molecule has 2 aromatic rings. The molecular weight excluding hydrogens is 313 g/mol. The van der Waals surface area contributed by atoms with E-state index in [0.717, 1.165) is 0 Å². The summed E-state index contributed by atoms with van der Waals surface area (Å²) in [5, 5.41) is 9.03. The van der Waals surface area contributed by atoms with Gasteiger partial charge in [-0.1, -0.05) is 0 Å². The maximum Gasteiger partial charge on any atom is 0.148 e. The molecule has 0 atom stereocenters. The Morgan fingerprint density at radius 2 is 1.95 bits per heavy atom. The zero-order chi connectivity index (χ0) is 13.8. The fourth-order valence-electron chi connectivity index (χ4n) is 1.48. The van der Waals surface area contributed by atoms with E-state index in [-0.39, 0.29) is 5.82 Å². The third kappa shape index (κ3) is 3.04. The van der Waals surface area contributed by atoms with Gasteiger partial charge in [-0.15, -0.1) is 0 Å². The first-order valence-corrected chi connectivity index (χ1v) is 6.14. The number of rotatable bonds is 3. The molecule has 0 radical (unpaired) electrons. The zero-order valence-electron chi connectivity index (χ0n) is 9.98. The van der Waals surface area contributed by atoms with Crippen LogP contribution in [0.3, 0.4) is 0 Å². The summed E-state index contributed by atoms with van der Waals surface area (Å²) in [6.07, 6.45) is 0. The van der Waals surface area contributed by atoms with Crippen LogP contribution in [0.4, 0.5) is 4.39 Å². The Kier molecular flexibility index (Phi) is 4.03. The summed E-state index contributed by atoms with van der Waals surface area (Å²) in [4.78, 5) is 0. The number of ether oxygens (including phenoxy) is 2. The molecule has 0 aromatic heterocycles. The Labute approximate surface area is 118 Å². The van der Waals surface area contributed by atoms with Gasteiger partial charge in [-0.3, -0.25) is 0 Å². The van der Waals surface area contributed by atoms with Crippen LogP contribution in [0.25, 0.3) is 0 Å². The molecule has 3 nitrogen and oxygen atoms in total. The van der Waals surface area contributed by atoms with Crippen molar-refractivity contribution in [2.24, 2.45) is 0 Å². The molecule has 0 aliphatic heterocycles. The Balaban J connectivity index is 2.39. The van der Waals surface area contributed by atoms with E-state index in [0.29, 0.717) is 27.3 Å². The summed E-state index contributed by atoms with van der Waals surface area (Å²) >= 11 is 3.21. The molecule has 96 valence electrons. The molecule has 0 saturated carbocycles. The molecule has 0 amide bonds. The molecule has 0 fully saturated rings. The van der Waals surface area contributed by atoms with Crippen LogP contribution < -0.4 is 9.47 Å². The largest absolute Gasteiger partial charge is 0.497 e.